The van der Waals surface area contributed by atoms with Crippen LogP contribution < -0.4 is 5.32 Å². The van der Waals surface area contributed by atoms with Gasteiger partial charge in [-0.1, -0.05) is 60.7 Å². The van der Waals surface area contributed by atoms with Crippen LogP contribution in [0.3, 0.4) is 0 Å². The molecule has 3 aliphatic rings. The molecule has 3 saturated heterocycles. The van der Waals surface area contributed by atoms with Crippen LogP contribution in [0.25, 0.3) is 0 Å². The predicted octanol–water partition coefficient (Wildman–Crippen LogP) is 7.11. The summed E-state index contributed by atoms with van der Waals surface area (Å²) in [7, 11) is 0. The molecular formula is C29H28F6N2. The normalized spacial score (nSPS) is 24.0. The molecule has 2 atom stereocenters. The lowest BCUT2D eigenvalue weighted by atomic mass is 9.70. The van der Waals surface area contributed by atoms with Crippen molar-refractivity contribution < 1.29 is 26.3 Å². The fourth-order valence-corrected chi connectivity index (χ4v) is 6.05. The maximum atomic E-state index is 13.4. The molecule has 0 radical (unpaired) electrons. The average molecular weight is 519 g/mol. The zero-order valence-corrected chi connectivity index (χ0v) is 20.1. The van der Waals surface area contributed by atoms with Crippen LogP contribution in [0.15, 0.2) is 78.9 Å². The summed E-state index contributed by atoms with van der Waals surface area (Å²) in [6.45, 7) is 1.77. The van der Waals surface area contributed by atoms with Gasteiger partial charge in [-0.25, -0.2) is 0 Å². The van der Waals surface area contributed by atoms with Crippen LogP contribution in [0.4, 0.5) is 26.3 Å². The molecule has 8 heteroatoms. The summed E-state index contributed by atoms with van der Waals surface area (Å²) in [5, 5.41) is 3.42. The first-order valence-corrected chi connectivity index (χ1v) is 12.5. The standard InChI is InChI=1S/C29H28F6N2/c30-28(31,32)23-15-19(16-24(17-23)29(33,34)35)18-36-26-22-11-13-37(14-12-22)27(26)25(20-7-3-1-4-8-20)21-9-5-2-6-10-21/h1-10,15-17,22,25-27,36H,11-14,18H2/t26-,27?/m0/s1. The summed E-state index contributed by atoms with van der Waals surface area (Å²) in [6, 6.07) is 22.0. The Hall–Kier alpha value is -2.84. The Morgan fingerprint density at radius 2 is 1.22 bits per heavy atom. The molecule has 6 rings (SSSR count). The third-order valence-electron chi connectivity index (χ3n) is 7.72. The van der Waals surface area contributed by atoms with Crippen LogP contribution in [-0.4, -0.2) is 30.1 Å². The van der Waals surface area contributed by atoms with Gasteiger partial charge in [0.15, 0.2) is 0 Å². The maximum absolute atomic E-state index is 13.4. The molecule has 3 aliphatic heterocycles. The molecule has 1 N–H and O–H groups in total. The summed E-state index contributed by atoms with van der Waals surface area (Å²) in [5.41, 5.74) is -0.312. The monoisotopic (exact) mass is 518 g/mol. The average Bonchev–Trinajstić information content (AvgIpc) is 2.89. The molecule has 1 unspecified atom stereocenters. The Kier molecular flexibility index (Phi) is 7.07. The minimum absolute atomic E-state index is 0.00949. The van der Waals surface area contributed by atoms with Gasteiger partial charge in [-0.3, -0.25) is 4.90 Å². The highest BCUT2D eigenvalue weighted by molar-refractivity contribution is 5.37. The number of nitrogens with zero attached hydrogens (tertiary/aromatic N) is 1. The first-order valence-electron chi connectivity index (χ1n) is 12.5. The minimum atomic E-state index is -4.86. The quantitative estimate of drug-likeness (QED) is 0.350. The van der Waals surface area contributed by atoms with Crippen LogP contribution in [0, 0.1) is 5.92 Å². The van der Waals surface area contributed by atoms with Crippen LogP contribution in [-0.2, 0) is 18.9 Å². The molecule has 0 saturated carbocycles. The first-order chi connectivity index (χ1) is 17.6. The molecule has 196 valence electrons. The van der Waals surface area contributed by atoms with E-state index < -0.39 is 23.5 Å². The number of piperidine rings is 3. The van der Waals surface area contributed by atoms with E-state index >= 15 is 0 Å². The number of benzene rings is 3. The molecule has 2 nitrogen and oxygen atoms in total. The Morgan fingerprint density at radius 1 is 0.730 bits per heavy atom. The van der Waals surface area contributed by atoms with Crippen molar-refractivity contribution >= 4 is 0 Å². The van der Waals surface area contributed by atoms with Crippen LogP contribution >= 0.6 is 0 Å². The lowest BCUT2D eigenvalue weighted by molar-refractivity contribution is -0.143. The van der Waals surface area contributed by atoms with Crippen molar-refractivity contribution in [1.29, 1.82) is 0 Å². The van der Waals surface area contributed by atoms with Gasteiger partial charge >= 0.3 is 12.4 Å². The number of hydrogen-bond acceptors (Lipinski definition) is 2. The molecule has 0 spiro atoms. The predicted molar refractivity (Wildman–Crippen MR) is 130 cm³/mol. The second-order valence-electron chi connectivity index (χ2n) is 9.98. The van der Waals surface area contributed by atoms with Crippen molar-refractivity contribution in [1.82, 2.24) is 10.2 Å². The summed E-state index contributed by atoms with van der Waals surface area (Å²) in [5.74, 6) is 0.299. The highest BCUT2D eigenvalue weighted by Gasteiger charge is 2.46. The molecule has 3 heterocycles. The van der Waals surface area contributed by atoms with Crippen molar-refractivity contribution in [3.63, 3.8) is 0 Å². The largest absolute Gasteiger partial charge is 0.416 e. The molecule has 3 fully saturated rings. The van der Waals surface area contributed by atoms with Crippen LogP contribution in [0.1, 0.15) is 46.6 Å². The number of hydrogen-bond donors (Lipinski definition) is 1. The smallest absolute Gasteiger partial charge is 0.308 e. The number of rotatable bonds is 6. The Balaban J connectivity index is 1.49. The van der Waals surface area contributed by atoms with E-state index in [4.69, 9.17) is 0 Å². The third kappa shape index (κ3) is 5.55. The van der Waals surface area contributed by atoms with Crippen LogP contribution in [0.5, 0.6) is 0 Å². The Labute approximate surface area is 212 Å². The fraction of sp³-hybridized carbons (Fsp3) is 0.379. The number of alkyl halides is 6. The zero-order chi connectivity index (χ0) is 26.2. The van der Waals surface area contributed by atoms with E-state index in [1.165, 1.54) is 0 Å². The van der Waals surface area contributed by atoms with Gasteiger partial charge in [0.25, 0.3) is 0 Å². The molecule has 2 bridgehead atoms. The lowest BCUT2D eigenvalue weighted by Gasteiger charge is -2.54. The van der Waals surface area contributed by atoms with Gasteiger partial charge in [0.05, 0.1) is 11.1 Å². The summed E-state index contributed by atoms with van der Waals surface area (Å²) >= 11 is 0. The van der Waals surface area contributed by atoms with Crippen molar-refractivity contribution in [3.05, 3.63) is 107 Å². The minimum Gasteiger partial charge on any atom is -0.308 e. The van der Waals surface area contributed by atoms with Gasteiger partial charge in [0, 0.05) is 24.5 Å². The summed E-state index contributed by atoms with van der Waals surface area (Å²) in [4.78, 5) is 2.43. The lowest BCUT2D eigenvalue weighted by Crippen LogP contribution is -2.64. The van der Waals surface area contributed by atoms with Gasteiger partial charge in [-0.05, 0) is 66.7 Å². The fourth-order valence-electron chi connectivity index (χ4n) is 6.05. The van der Waals surface area contributed by atoms with E-state index in [1.54, 1.807) is 0 Å². The van der Waals surface area contributed by atoms with Gasteiger partial charge in [0.2, 0.25) is 0 Å². The Bertz CT molecular complexity index is 1110. The highest BCUT2D eigenvalue weighted by atomic mass is 19.4. The topological polar surface area (TPSA) is 15.3 Å². The third-order valence-corrected chi connectivity index (χ3v) is 7.72. The highest BCUT2D eigenvalue weighted by Crippen LogP contribution is 2.42. The van der Waals surface area contributed by atoms with E-state index in [0.717, 1.165) is 49.2 Å². The van der Waals surface area contributed by atoms with Crippen LogP contribution in [0.2, 0.25) is 0 Å². The maximum Gasteiger partial charge on any atom is 0.416 e. The SMILES string of the molecule is FC(F)(F)c1cc(CN[C@H]2C3CCN(CC3)C2C(c2ccccc2)c2ccccc2)cc(C(F)(F)F)c1. The van der Waals surface area contributed by atoms with Crippen molar-refractivity contribution in [2.45, 2.75) is 49.7 Å². The second-order valence-corrected chi connectivity index (χ2v) is 9.98. The van der Waals surface area contributed by atoms with Gasteiger partial charge < -0.3 is 5.32 Å². The summed E-state index contributed by atoms with van der Waals surface area (Å²) < 4.78 is 80.4. The summed E-state index contributed by atoms with van der Waals surface area (Å²) in [6.07, 6.45) is -7.83. The van der Waals surface area contributed by atoms with E-state index in [-0.39, 0.29) is 42.1 Å². The van der Waals surface area contributed by atoms with Crippen molar-refractivity contribution in [2.24, 2.45) is 5.92 Å². The molecular weight excluding hydrogens is 490 g/mol. The van der Waals surface area contributed by atoms with Gasteiger partial charge in [-0.2, -0.15) is 26.3 Å². The van der Waals surface area contributed by atoms with E-state index in [9.17, 15) is 26.3 Å². The molecule has 0 amide bonds. The van der Waals surface area contributed by atoms with Gasteiger partial charge in [0.1, 0.15) is 0 Å². The molecule has 0 aromatic heterocycles. The molecule has 3 aromatic rings. The van der Waals surface area contributed by atoms with Crippen molar-refractivity contribution in [2.75, 3.05) is 13.1 Å². The van der Waals surface area contributed by atoms with Gasteiger partial charge in [-0.15, -0.1) is 0 Å². The Morgan fingerprint density at radius 3 is 1.68 bits per heavy atom. The zero-order valence-electron chi connectivity index (χ0n) is 20.1. The molecule has 37 heavy (non-hydrogen) atoms. The molecule has 3 aromatic carbocycles. The van der Waals surface area contributed by atoms with E-state index in [2.05, 4.69) is 34.5 Å². The van der Waals surface area contributed by atoms with E-state index in [1.807, 2.05) is 36.4 Å². The number of nitrogens with one attached hydrogen (secondary N) is 1. The first kappa shape index (κ1) is 25.8. The second kappa shape index (κ2) is 10.1. The number of halogens is 6. The van der Waals surface area contributed by atoms with E-state index in [0.29, 0.717) is 0 Å². The number of fused-ring (bicyclic) bond motifs is 3. The van der Waals surface area contributed by atoms with Crippen molar-refractivity contribution in [3.8, 4) is 0 Å². The molecule has 0 aliphatic carbocycles.